The summed E-state index contributed by atoms with van der Waals surface area (Å²) >= 11 is 54.7. The molecule has 0 aromatic heterocycles. The molecule has 0 heterocycles. The zero-order chi connectivity index (χ0) is 20.3. The topological polar surface area (TPSA) is 0 Å². The number of benzene rings is 1. The van der Waals surface area contributed by atoms with E-state index in [2.05, 4.69) is 19.9 Å². The van der Waals surface area contributed by atoms with Crippen LogP contribution < -0.4 is 0 Å². The molecule has 0 saturated carbocycles. The van der Waals surface area contributed by atoms with Crippen LogP contribution in [0.4, 0.5) is 0 Å². The van der Waals surface area contributed by atoms with Gasteiger partial charge in [0.2, 0.25) is 0 Å². The molecule has 1 rings (SSSR count). The maximum atomic E-state index is 6.10. The molecule has 0 spiro atoms. The van der Waals surface area contributed by atoms with Crippen molar-refractivity contribution in [2.24, 2.45) is 0 Å². The monoisotopic (exact) mass is 586 g/mol. The Balaban J connectivity index is 3.23. The van der Waals surface area contributed by atoms with Gasteiger partial charge in [-0.3, -0.25) is 0 Å². The van der Waals surface area contributed by atoms with Crippen LogP contribution in [0.5, 0.6) is 0 Å². The molecule has 0 aliphatic rings. The lowest BCUT2D eigenvalue weighted by Crippen LogP contribution is -2.16. The van der Waals surface area contributed by atoms with Gasteiger partial charge in [0.25, 0.3) is 0 Å². The van der Waals surface area contributed by atoms with Crippen LogP contribution >= 0.6 is 99.7 Å². The van der Waals surface area contributed by atoms with E-state index in [9.17, 15) is 0 Å². The molecule has 0 saturated heterocycles. The molecule has 0 atom stereocenters. The molecule has 150 valence electrons. The first-order chi connectivity index (χ1) is 11.6. The zero-order valence-electron chi connectivity index (χ0n) is 14.2. The van der Waals surface area contributed by atoms with E-state index in [-0.39, 0.29) is 0 Å². The van der Waals surface area contributed by atoms with Gasteiger partial charge in [-0.25, -0.2) is 0 Å². The summed E-state index contributed by atoms with van der Waals surface area (Å²) in [6.07, 6.45) is 2.10. The summed E-state index contributed by atoms with van der Waals surface area (Å²) < 4.78 is 0. The van der Waals surface area contributed by atoms with Crippen molar-refractivity contribution in [3.63, 3.8) is 0 Å². The van der Waals surface area contributed by atoms with Gasteiger partial charge in [-0.15, -0.1) is 99.7 Å². The molecule has 1 aromatic rings. The highest BCUT2D eigenvalue weighted by molar-refractivity contribution is 7.65. The van der Waals surface area contributed by atoms with Gasteiger partial charge in [0.15, 0.2) is 0 Å². The summed E-state index contributed by atoms with van der Waals surface area (Å²) in [5, 5.41) is 0. The molecule has 0 bridgehead atoms. The van der Waals surface area contributed by atoms with Gasteiger partial charge in [0.1, 0.15) is 0 Å². The summed E-state index contributed by atoms with van der Waals surface area (Å²) in [5.74, 6) is 0. The van der Waals surface area contributed by atoms with E-state index in [1.165, 1.54) is 11.1 Å². The van der Waals surface area contributed by atoms with Crippen LogP contribution in [0.25, 0.3) is 0 Å². The average molecular weight is 591 g/mol. The van der Waals surface area contributed by atoms with Crippen LogP contribution in [0, 0.1) is 13.8 Å². The Morgan fingerprint density at radius 1 is 0.615 bits per heavy atom. The van der Waals surface area contributed by atoms with Crippen LogP contribution in [0.1, 0.15) is 27.8 Å². The predicted molar refractivity (Wildman–Crippen MR) is 131 cm³/mol. The number of halogens is 9. The number of rotatable bonds is 9. The fourth-order valence-electron chi connectivity index (χ4n) is 2.87. The highest BCUT2D eigenvalue weighted by Crippen LogP contribution is 2.35. The average Bonchev–Trinajstić information content (AvgIpc) is 2.42. The van der Waals surface area contributed by atoms with E-state index < -0.39 is 18.0 Å². The fourth-order valence-corrected chi connectivity index (χ4v) is 7.04. The molecular formula is C14H19Cl9Si3. The van der Waals surface area contributed by atoms with Crippen LogP contribution in [0.3, 0.4) is 0 Å². The molecule has 0 radical (unpaired) electrons. The SMILES string of the molecule is Cc1cc(CC[Si](Cl)(Cl)Cl)c(C)c(CC[Si](Cl)(Cl)Cl)c1CC[Si](Cl)(Cl)Cl. The molecule has 0 amide bonds. The summed E-state index contributed by atoms with van der Waals surface area (Å²) in [6, 6.07) is -4.34. The zero-order valence-corrected chi connectivity index (χ0v) is 24.0. The van der Waals surface area contributed by atoms with Gasteiger partial charge in [-0.05, 0) is 79.1 Å². The summed E-state index contributed by atoms with van der Waals surface area (Å²) in [7, 11) is 0. The molecule has 0 unspecified atom stereocenters. The first-order valence-corrected chi connectivity index (χ1v) is 23.6. The highest BCUT2D eigenvalue weighted by Gasteiger charge is 2.29. The number of hydrogen-bond acceptors (Lipinski definition) is 0. The van der Waals surface area contributed by atoms with Gasteiger partial charge in [0, 0.05) is 0 Å². The molecule has 1 aromatic carbocycles. The van der Waals surface area contributed by atoms with E-state index in [0.717, 1.165) is 16.7 Å². The second-order valence-electron chi connectivity index (χ2n) is 6.28. The third kappa shape index (κ3) is 10.5. The Morgan fingerprint density at radius 3 is 1.42 bits per heavy atom. The van der Waals surface area contributed by atoms with Crippen molar-refractivity contribution in [3.8, 4) is 0 Å². The third-order valence-electron chi connectivity index (χ3n) is 4.16. The Hall–Kier alpha value is 2.48. The van der Waals surface area contributed by atoms with Gasteiger partial charge >= 0.3 is 18.0 Å². The van der Waals surface area contributed by atoms with Crippen LogP contribution in [0.2, 0.25) is 18.1 Å². The summed E-state index contributed by atoms with van der Waals surface area (Å²) in [5.41, 5.74) is 5.81. The van der Waals surface area contributed by atoms with E-state index >= 15 is 0 Å². The standard InChI is InChI=1S/C14H19Cl9Si3/c1-10-9-12(3-6-24(15,16)17)11(2)14(5-8-26(21,22)23)13(10)4-7-25(18,19)20/h9H,3-8H2,1-2H3. The summed E-state index contributed by atoms with van der Waals surface area (Å²) in [6.45, 7) is 4.13. The summed E-state index contributed by atoms with van der Waals surface area (Å²) in [4.78, 5) is 0. The van der Waals surface area contributed by atoms with Crippen LogP contribution in [0.15, 0.2) is 6.07 Å². The Bertz CT molecular complexity index is 618. The lowest BCUT2D eigenvalue weighted by Gasteiger charge is -2.22. The predicted octanol–water partition coefficient (Wildman–Crippen LogP) is 8.90. The van der Waals surface area contributed by atoms with E-state index in [1.54, 1.807) is 0 Å². The molecule has 26 heavy (non-hydrogen) atoms. The van der Waals surface area contributed by atoms with Crippen LogP contribution in [-0.2, 0) is 19.3 Å². The maximum Gasteiger partial charge on any atom is 0.341 e. The molecule has 0 aliphatic heterocycles. The first-order valence-electron chi connectivity index (χ1n) is 7.90. The lowest BCUT2D eigenvalue weighted by molar-refractivity contribution is 0.963. The van der Waals surface area contributed by atoms with Gasteiger partial charge in [-0.2, -0.15) is 0 Å². The largest absolute Gasteiger partial charge is 0.341 e. The first kappa shape index (κ1) is 26.5. The third-order valence-corrected chi connectivity index (χ3v) is 11.7. The number of aryl methyl sites for hydroxylation is 2. The molecule has 0 aliphatic carbocycles. The molecule has 12 heteroatoms. The Morgan fingerprint density at radius 2 is 1.00 bits per heavy atom. The van der Waals surface area contributed by atoms with E-state index in [0.29, 0.717) is 37.4 Å². The fraction of sp³-hybridized carbons (Fsp3) is 0.571. The van der Waals surface area contributed by atoms with Crippen molar-refractivity contribution in [1.29, 1.82) is 0 Å². The minimum Gasteiger partial charge on any atom is -0.126 e. The molecular weight excluding hydrogens is 571 g/mol. The van der Waals surface area contributed by atoms with Gasteiger partial charge < -0.3 is 0 Å². The normalized spacial score (nSPS) is 13.3. The molecule has 0 N–H and O–H groups in total. The number of hydrogen-bond donors (Lipinski definition) is 0. The second-order valence-corrected chi connectivity index (χ2v) is 34.1. The van der Waals surface area contributed by atoms with Gasteiger partial charge in [-0.1, -0.05) is 6.07 Å². The molecule has 0 nitrogen and oxygen atoms in total. The van der Waals surface area contributed by atoms with Crippen molar-refractivity contribution in [3.05, 3.63) is 33.9 Å². The van der Waals surface area contributed by atoms with Crippen molar-refractivity contribution in [2.45, 2.75) is 51.2 Å². The van der Waals surface area contributed by atoms with Crippen LogP contribution in [-0.4, -0.2) is 18.0 Å². The smallest absolute Gasteiger partial charge is 0.126 e. The van der Waals surface area contributed by atoms with Crippen molar-refractivity contribution in [2.75, 3.05) is 0 Å². The lowest BCUT2D eigenvalue weighted by atomic mass is 9.89. The second kappa shape index (κ2) is 10.7. The Labute approximate surface area is 201 Å². The quantitative estimate of drug-likeness (QED) is 0.199. The van der Waals surface area contributed by atoms with Crippen molar-refractivity contribution in [1.82, 2.24) is 0 Å². The maximum absolute atomic E-state index is 6.10. The molecule has 0 fully saturated rings. The minimum atomic E-state index is -2.74. The Kier molecular flexibility index (Phi) is 10.9. The van der Waals surface area contributed by atoms with Crippen molar-refractivity contribution >= 4 is 118 Å². The van der Waals surface area contributed by atoms with E-state index in [1.807, 2.05) is 0 Å². The van der Waals surface area contributed by atoms with E-state index in [4.69, 9.17) is 99.7 Å². The van der Waals surface area contributed by atoms with Crippen molar-refractivity contribution < 1.29 is 0 Å². The highest BCUT2D eigenvalue weighted by atomic mass is 35.9. The minimum absolute atomic E-state index is 0.540. The van der Waals surface area contributed by atoms with Gasteiger partial charge in [0.05, 0.1) is 0 Å².